The zero-order chi connectivity index (χ0) is 17.2. The summed E-state index contributed by atoms with van der Waals surface area (Å²) in [6, 6.07) is 9.29. The minimum Gasteiger partial charge on any atom is -0.303 e. The van der Waals surface area contributed by atoms with E-state index in [-0.39, 0.29) is 17.5 Å². The topological polar surface area (TPSA) is 77.3 Å². The zero-order valence-corrected chi connectivity index (χ0v) is 14.8. The summed E-state index contributed by atoms with van der Waals surface area (Å²) < 4.78 is 0. The third kappa shape index (κ3) is 6.35. The van der Waals surface area contributed by atoms with Gasteiger partial charge in [0.2, 0.25) is 0 Å². The summed E-state index contributed by atoms with van der Waals surface area (Å²) in [6.07, 6.45) is 5.18. The molecule has 0 heterocycles. The normalized spacial score (nSPS) is 14.7. The van der Waals surface area contributed by atoms with Crippen LogP contribution in [0.5, 0.6) is 0 Å². The first-order valence-corrected chi connectivity index (χ1v) is 9.81. The van der Waals surface area contributed by atoms with Gasteiger partial charge in [0, 0.05) is 22.5 Å². The standard InChI is InChI=1S/C16H21NO4S2/c1-22-13(8-9-18)10-14(12-6-4-3-5-7-12)15(19)11-16(23-2)17(20)21/h3-7,9,13-14,16H,8,10-11H2,1-2H3. The van der Waals surface area contributed by atoms with E-state index in [0.29, 0.717) is 12.8 Å². The second-order valence-electron chi connectivity index (χ2n) is 5.11. The number of ketones is 1. The molecule has 7 heteroatoms. The highest BCUT2D eigenvalue weighted by molar-refractivity contribution is 7.99. The molecule has 0 radical (unpaired) electrons. The number of Topliss-reactive ketones (excluding diaryl/α,β-unsaturated/α-hetero) is 1. The van der Waals surface area contributed by atoms with Crippen LogP contribution in [0.1, 0.15) is 30.7 Å². The van der Waals surface area contributed by atoms with Gasteiger partial charge in [-0.25, -0.2) is 0 Å². The maximum Gasteiger partial charge on any atom is 0.264 e. The van der Waals surface area contributed by atoms with Crippen molar-refractivity contribution in [3.8, 4) is 0 Å². The minimum atomic E-state index is -0.924. The Labute approximate surface area is 144 Å². The number of nitrogens with zero attached hydrogens (tertiary/aromatic N) is 1. The van der Waals surface area contributed by atoms with Crippen molar-refractivity contribution >= 4 is 35.6 Å². The number of rotatable bonds is 11. The van der Waals surface area contributed by atoms with Crippen LogP contribution >= 0.6 is 23.5 Å². The molecule has 0 saturated heterocycles. The smallest absolute Gasteiger partial charge is 0.264 e. The average Bonchev–Trinajstić information content (AvgIpc) is 2.56. The summed E-state index contributed by atoms with van der Waals surface area (Å²) in [5.74, 6) is -0.555. The molecule has 0 spiro atoms. The predicted molar refractivity (Wildman–Crippen MR) is 95.7 cm³/mol. The molecule has 0 aliphatic carbocycles. The van der Waals surface area contributed by atoms with Crippen molar-refractivity contribution < 1.29 is 14.5 Å². The predicted octanol–water partition coefficient (Wildman–Crippen LogP) is 3.41. The Bertz CT molecular complexity index is 524. The van der Waals surface area contributed by atoms with Crippen LogP contribution in [0.15, 0.2) is 30.3 Å². The van der Waals surface area contributed by atoms with E-state index < -0.39 is 16.2 Å². The summed E-state index contributed by atoms with van der Waals surface area (Å²) in [6.45, 7) is 0. The molecular weight excluding hydrogens is 334 g/mol. The molecule has 1 rings (SSSR count). The van der Waals surface area contributed by atoms with Gasteiger partial charge in [-0.15, -0.1) is 0 Å². The number of hydrogen-bond donors (Lipinski definition) is 0. The van der Waals surface area contributed by atoms with E-state index in [1.807, 2.05) is 36.6 Å². The van der Waals surface area contributed by atoms with Crippen molar-refractivity contribution in [3.05, 3.63) is 46.0 Å². The lowest BCUT2D eigenvalue weighted by Gasteiger charge is -2.21. The number of nitro groups is 1. The molecule has 126 valence electrons. The fourth-order valence-corrected chi connectivity index (χ4v) is 3.51. The van der Waals surface area contributed by atoms with Crippen molar-refractivity contribution in [3.63, 3.8) is 0 Å². The van der Waals surface area contributed by atoms with Gasteiger partial charge < -0.3 is 4.79 Å². The second-order valence-corrected chi connectivity index (χ2v) is 7.26. The first kappa shape index (κ1) is 19.7. The molecule has 23 heavy (non-hydrogen) atoms. The number of hydrogen-bond acceptors (Lipinski definition) is 6. The number of thioether (sulfide) groups is 2. The van der Waals surface area contributed by atoms with Crippen LogP contribution in [0, 0.1) is 10.1 Å². The Balaban J connectivity index is 2.96. The largest absolute Gasteiger partial charge is 0.303 e. The van der Waals surface area contributed by atoms with Crippen LogP contribution in [-0.4, -0.2) is 40.1 Å². The Morgan fingerprint density at radius 1 is 1.26 bits per heavy atom. The van der Waals surface area contributed by atoms with Crippen LogP contribution in [0.4, 0.5) is 0 Å². The maximum absolute atomic E-state index is 12.7. The van der Waals surface area contributed by atoms with Crippen LogP contribution in [-0.2, 0) is 9.59 Å². The highest BCUT2D eigenvalue weighted by Gasteiger charge is 2.30. The molecule has 0 aliphatic heterocycles. The van der Waals surface area contributed by atoms with E-state index in [2.05, 4.69) is 0 Å². The Hall–Kier alpha value is -1.34. The van der Waals surface area contributed by atoms with Gasteiger partial charge in [0.1, 0.15) is 12.1 Å². The minimum absolute atomic E-state index is 0.0324. The molecule has 3 atom stereocenters. The van der Waals surface area contributed by atoms with Gasteiger partial charge in [0.25, 0.3) is 5.37 Å². The Morgan fingerprint density at radius 3 is 2.39 bits per heavy atom. The summed E-state index contributed by atoms with van der Waals surface area (Å²) in [7, 11) is 0. The molecule has 0 aromatic heterocycles. The van der Waals surface area contributed by atoms with Crippen molar-refractivity contribution in [1.82, 2.24) is 0 Å². The van der Waals surface area contributed by atoms with E-state index in [4.69, 9.17) is 0 Å². The van der Waals surface area contributed by atoms with Gasteiger partial charge in [0.15, 0.2) is 0 Å². The van der Waals surface area contributed by atoms with Crippen molar-refractivity contribution in [1.29, 1.82) is 0 Å². The van der Waals surface area contributed by atoms with Gasteiger partial charge in [0.05, 0.1) is 6.42 Å². The third-order valence-corrected chi connectivity index (χ3v) is 5.60. The Kier molecular flexibility index (Phi) is 8.94. The first-order valence-electron chi connectivity index (χ1n) is 7.23. The summed E-state index contributed by atoms with van der Waals surface area (Å²) in [5.41, 5.74) is 0.852. The van der Waals surface area contributed by atoms with Crippen LogP contribution in [0.25, 0.3) is 0 Å². The Morgan fingerprint density at radius 2 is 1.91 bits per heavy atom. The van der Waals surface area contributed by atoms with Crippen molar-refractivity contribution in [2.45, 2.75) is 35.8 Å². The van der Waals surface area contributed by atoms with E-state index in [0.717, 1.165) is 23.6 Å². The van der Waals surface area contributed by atoms with E-state index in [1.54, 1.807) is 18.0 Å². The number of carbonyl (C=O) groups is 2. The molecule has 1 aromatic carbocycles. The van der Waals surface area contributed by atoms with E-state index in [1.165, 1.54) is 0 Å². The molecule has 3 unspecified atom stereocenters. The lowest BCUT2D eigenvalue weighted by Crippen LogP contribution is -2.25. The number of carbonyl (C=O) groups excluding carboxylic acids is 2. The third-order valence-electron chi connectivity index (χ3n) is 3.66. The van der Waals surface area contributed by atoms with Crippen molar-refractivity contribution in [2.24, 2.45) is 0 Å². The number of aldehydes is 1. The van der Waals surface area contributed by atoms with Gasteiger partial charge in [-0.2, -0.15) is 11.8 Å². The van der Waals surface area contributed by atoms with Crippen LogP contribution < -0.4 is 0 Å². The van der Waals surface area contributed by atoms with Gasteiger partial charge in [-0.1, -0.05) is 42.1 Å². The highest BCUT2D eigenvalue weighted by atomic mass is 32.2. The van der Waals surface area contributed by atoms with Gasteiger partial charge >= 0.3 is 0 Å². The fraction of sp³-hybridized carbons (Fsp3) is 0.500. The molecule has 0 aliphatic rings. The fourth-order valence-electron chi connectivity index (χ4n) is 2.36. The first-order chi connectivity index (χ1) is 11.0. The maximum atomic E-state index is 12.7. The molecule has 0 bridgehead atoms. The van der Waals surface area contributed by atoms with E-state index in [9.17, 15) is 19.7 Å². The molecule has 0 saturated carbocycles. The zero-order valence-electron chi connectivity index (χ0n) is 13.2. The van der Waals surface area contributed by atoms with Gasteiger partial charge in [-0.05, 0) is 24.5 Å². The van der Waals surface area contributed by atoms with Crippen LogP contribution in [0.3, 0.4) is 0 Å². The van der Waals surface area contributed by atoms with Crippen molar-refractivity contribution in [2.75, 3.05) is 12.5 Å². The lowest BCUT2D eigenvalue weighted by molar-refractivity contribution is -0.493. The molecular formula is C16H21NO4S2. The lowest BCUT2D eigenvalue weighted by atomic mass is 9.88. The average molecular weight is 355 g/mol. The van der Waals surface area contributed by atoms with Crippen LogP contribution in [0.2, 0.25) is 0 Å². The second kappa shape index (κ2) is 10.4. The SMILES string of the molecule is CSC(CC=O)CC(C(=O)CC(SC)[N+](=O)[O-])c1ccccc1. The van der Waals surface area contributed by atoms with Gasteiger partial charge in [-0.3, -0.25) is 14.9 Å². The summed E-state index contributed by atoms with van der Waals surface area (Å²) >= 11 is 2.62. The molecule has 0 fully saturated rings. The highest BCUT2D eigenvalue weighted by Crippen LogP contribution is 2.30. The monoisotopic (exact) mass is 355 g/mol. The summed E-state index contributed by atoms with van der Waals surface area (Å²) in [4.78, 5) is 34.0. The quantitative estimate of drug-likeness (QED) is 0.262. The molecule has 0 amide bonds. The number of benzene rings is 1. The molecule has 0 N–H and O–H groups in total. The summed E-state index contributed by atoms with van der Waals surface area (Å²) in [5, 5.41) is 10.1. The molecule has 5 nitrogen and oxygen atoms in total. The molecule has 1 aromatic rings. The van der Waals surface area contributed by atoms with E-state index >= 15 is 0 Å².